The van der Waals surface area contributed by atoms with E-state index in [9.17, 15) is 0 Å². The van der Waals surface area contributed by atoms with Gasteiger partial charge in [-0.2, -0.15) is 10.3 Å². The van der Waals surface area contributed by atoms with Gasteiger partial charge in [0.2, 0.25) is 6.79 Å². The fourth-order valence-electron chi connectivity index (χ4n) is 3.14. The van der Waals surface area contributed by atoms with Crippen molar-refractivity contribution in [3.8, 4) is 11.5 Å². The van der Waals surface area contributed by atoms with E-state index in [0.29, 0.717) is 12.8 Å². The molecule has 0 saturated heterocycles. The third-order valence-corrected chi connectivity index (χ3v) is 4.45. The number of fused-ring (bicyclic) bond motifs is 2. The maximum atomic E-state index is 5.68. The number of oxazole rings is 1. The second-order valence-corrected chi connectivity index (χ2v) is 6.31. The second kappa shape index (κ2) is 6.23. The van der Waals surface area contributed by atoms with Crippen LogP contribution in [0.4, 0.5) is 6.01 Å². The average Bonchev–Trinajstić information content (AvgIpc) is 3.29. The molecule has 26 heavy (non-hydrogen) atoms. The van der Waals surface area contributed by atoms with Gasteiger partial charge in [-0.3, -0.25) is 4.90 Å². The number of nitrogens with one attached hydrogen (secondary N) is 4. The lowest BCUT2D eigenvalue weighted by molar-refractivity contribution is -0.991. The van der Waals surface area contributed by atoms with Crippen molar-refractivity contribution in [2.75, 3.05) is 25.4 Å². The van der Waals surface area contributed by atoms with Gasteiger partial charge in [-0.15, -0.1) is 0 Å². The molecule has 3 aromatic rings. The van der Waals surface area contributed by atoms with Gasteiger partial charge in [-0.05, 0) is 30.3 Å². The SMILES string of the molecule is c1ccc2oc(NC3=[NH+]C[NH+](Cc4ccc5c(c4)OCO5)CN3)nc2c1. The Kier molecular flexibility index (Phi) is 3.60. The Bertz CT molecular complexity index is 951. The molecular weight excluding hydrogens is 334 g/mol. The van der Waals surface area contributed by atoms with E-state index in [1.807, 2.05) is 36.4 Å². The average molecular weight is 353 g/mol. The van der Waals surface area contributed by atoms with Gasteiger partial charge >= 0.3 is 12.0 Å². The number of hydrogen-bond acceptors (Lipinski definition) is 6. The molecule has 2 aliphatic rings. The van der Waals surface area contributed by atoms with Crippen LogP contribution in [0.3, 0.4) is 0 Å². The predicted molar refractivity (Wildman–Crippen MR) is 93.7 cm³/mol. The summed E-state index contributed by atoms with van der Waals surface area (Å²) < 4.78 is 16.5. The van der Waals surface area contributed by atoms with Crippen LogP contribution in [0.25, 0.3) is 11.1 Å². The molecular formula is C18H19N5O3+2. The minimum absolute atomic E-state index is 0.304. The Hall–Kier alpha value is -3.26. The van der Waals surface area contributed by atoms with E-state index in [1.165, 1.54) is 10.5 Å². The summed E-state index contributed by atoms with van der Waals surface area (Å²) in [4.78, 5) is 9.11. The maximum absolute atomic E-state index is 5.68. The smallest absolute Gasteiger partial charge is 0.365 e. The van der Waals surface area contributed by atoms with Crippen molar-refractivity contribution in [3.05, 3.63) is 48.0 Å². The zero-order valence-corrected chi connectivity index (χ0v) is 14.0. The number of guanidine groups is 1. The van der Waals surface area contributed by atoms with Crippen LogP contribution in [0.15, 0.2) is 46.9 Å². The highest BCUT2D eigenvalue weighted by atomic mass is 16.7. The number of nitrogens with zero attached hydrogens (tertiary/aromatic N) is 1. The molecule has 5 rings (SSSR count). The summed E-state index contributed by atoms with van der Waals surface area (Å²) >= 11 is 0. The summed E-state index contributed by atoms with van der Waals surface area (Å²) in [5, 5.41) is 6.49. The van der Waals surface area contributed by atoms with Crippen LogP contribution in [0.1, 0.15) is 5.56 Å². The topological polar surface area (TPSA) is 87.0 Å². The number of anilines is 1. The fourth-order valence-corrected chi connectivity index (χ4v) is 3.14. The van der Waals surface area contributed by atoms with Crippen molar-refractivity contribution in [1.82, 2.24) is 10.3 Å². The zero-order chi connectivity index (χ0) is 17.3. The summed E-state index contributed by atoms with van der Waals surface area (Å²) in [6.45, 7) is 2.75. The molecule has 2 aromatic carbocycles. The third kappa shape index (κ3) is 2.91. The molecule has 0 fully saturated rings. The van der Waals surface area contributed by atoms with Gasteiger partial charge in [0.1, 0.15) is 12.1 Å². The van der Waals surface area contributed by atoms with Gasteiger partial charge < -0.3 is 13.9 Å². The molecule has 0 spiro atoms. The Morgan fingerprint density at radius 3 is 2.96 bits per heavy atom. The van der Waals surface area contributed by atoms with Crippen LogP contribution in [-0.2, 0) is 6.54 Å². The van der Waals surface area contributed by atoms with Crippen LogP contribution >= 0.6 is 0 Å². The van der Waals surface area contributed by atoms with Crippen molar-refractivity contribution in [3.63, 3.8) is 0 Å². The molecule has 8 heteroatoms. The third-order valence-electron chi connectivity index (χ3n) is 4.45. The summed E-state index contributed by atoms with van der Waals surface area (Å²) in [6.07, 6.45) is 0. The first-order valence-corrected chi connectivity index (χ1v) is 8.53. The number of benzene rings is 2. The quantitative estimate of drug-likeness (QED) is 0.484. The number of hydrogen-bond donors (Lipinski definition) is 4. The van der Waals surface area contributed by atoms with Crippen LogP contribution in [0.5, 0.6) is 11.5 Å². The van der Waals surface area contributed by atoms with E-state index in [2.05, 4.69) is 26.7 Å². The summed E-state index contributed by atoms with van der Waals surface area (Å²) in [7, 11) is 0. The number of aromatic nitrogens is 1. The van der Waals surface area contributed by atoms with Crippen molar-refractivity contribution in [2.24, 2.45) is 0 Å². The first-order valence-electron chi connectivity index (χ1n) is 8.53. The van der Waals surface area contributed by atoms with Gasteiger partial charge in [0.25, 0.3) is 0 Å². The van der Waals surface area contributed by atoms with Gasteiger partial charge in [0.05, 0.1) is 0 Å². The fraction of sp³-hybridized carbons (Fsp3) is 0.222. The van der Waals surface area contributed by atoms with Crippen LogP contribution < -0.4 is 30.0 Å². The molecule has 0 aliphatic carbocycles. The molecule has 0 bridgehead atoms. The van der Waals surface area contributed by atoms with Gasteiger partial charge in [0, 0.05) is 5.56 Å². The van der Waals surface area contributed by atoms with Gasteiger partial charge in [0.15, 0.2) is 30.4 Å². The van der Waals surface area contributed by atoms with Crippen LogP contribution in [-0.4, -0.2) is 31.1 Å². The molecule has 0 radical (unpaired) electrons. The predicted octanol–water partition coefficient (Wildman–Crippen LogP) is -0.992. The highest BCUT2D eigenvalue weighted by Gasteiger charge is 2.23. The molecule has 8 nitrogen and oxygen atoms in total. The first kappa shape index (κ1) is 15.0. The Labute approximate surface area is 149 Å². The Balaban J connectivity index is 1.22. The molecule has 0 saturated carbocycles. The molecule has 3 heterocycles. The summed E-state index contributed by atoms with van der Waals surface area (Å²) in [5.74, 6) is 2.44. The largest absolute Gasteiger partial charge is 0.454 e. The minimum Gasteiger partial charge on any atom is -0.454 e. The molecule has 132 valence electrons. The van der Waals surface area contributed by atoms with Gasteiger partial charge in [-0.1, -0.05) is 12.1 Å². The molecule has 1 unspecified atom stereocenters. The number of quaternary nitrogens is 1. The minimum atomic E-state index is 0.304. The standard InChI is InChI=1S/C18H17N5O3/c1-2-4-14-13(3-1)21-18(26-14)22-17-19-9-23(10-20-17)8-12-5-6-15-16(7-12)25-11-24-15/h1-7H,8-11H2,(H2,19,20,21,22)/p+2. The normalized spacial score (nSPS) is 18.5. The highest BCUT2D eigenvalue weighted by Crippen LogP contribution is 2.32. The van der Waals surface area contributed by atoms with Crippen molar-refractivity contribution in [2.45, 2.75) is 6.54 Å². The Morgan fingerprint density at radius 2 is 2.08 bits per heavy atom. The van der Waals surface area contributed by atoms with E-state index >= 15 is 0 Å². The molecule has 1 atom stereocenters. The summed E-state index contributed by atoms with van der Waals surface area (Å²) in [5.41, 5.74) is 2.81. The highest BCUT2D eigenvalue weighted by molar-refractivity contribution is 5.88. The van der Waals surface area contributed by atoms with E-state index < -0.39 is 0 Å². The number of rotatable bonds is 3. The van der Waals surface area contributed by atoms with E-state index in [4.69, 9.17) is 13.9 Å². The van der Waals surface area contributed by atoms with Crippen LogP contribution in [0.2, 0.25) is 0 Å². The van der Waals surface area contributed by atoms with Crippen molar-refractivity contribution in [1.29, 1.82) is 0 Å². The van der Waals surface area contributed by atoms with E-state index in [0.717, 1.165) is 48.4 Å². The lowest BCUT2D eigenvalue weighted by atomic mass is 10.2. The monoisotopic (exact) mass is 353 g/mol. The molecule has 4 N–H and O–H groups in total. The lowest BCUT2D eigenvalue weighted by Crippen LogP contribution is -3.23. The van der Waals surface area contributed by atoms with Crippen molar-refractivity contribution < 1.29 is 23.8 Å². The van der Waals surface area contributed by atoms with Gasteiger partial charge in [-0.25, -0.2) is 10.3 Å². The number of ether oxygens (including phenoxy) is 2. The lowest BCUT2D eigenvalue weighted by Gasteiger charge is -2.20. The van der Waals surface area contributed by atoms with Crippen molar-refractivity contribution >= 4 is 23.1 Å². The maximum Gasteiger partial charge on any atom is 0.365 e. The molecule has 0 amide bonds. The van der Waals surface area contributed by atoms with E-state index in [-0.39, 0.29) is 0 Å². The second-order valence-electron chi connectivity index (χ2n) is 6.31. The number of para-hydroxylation sites is 2. The zero-order valence-electron chi connectivity index (χ0n) is 14.0. The summed E-state index contributed by atoms with van der Waals surface area (Å²) in [6, 6.07) is 14.3. The van der Waals surface area contributed by atoms with E-state index in [1.54, 1.807) is 0 Å². The first-order chi connectivity index (χ1) is 12.8. The molecule has 1 aromatic heterocycles. The Morgan fingerprint density at radius 1 is 1.15 bits per heavy atom. The molecule has 2 aliphatic heterocycles. The van der Waals surface area contributed by atoms with Crippen LogP contribution in [0, 0.1) is 0 Å².